The van der Waals surface area contributed by atoms with Crippen molar-refractivity contribution in [1.82, 2.24) is 10.2 Å². The van der Waals surface area contributed by atoms with Gasteiger partial charge in [-0.1, -0.05) is 56.3 Å². The third-order valence-corrected chi connectivity index (χ3v) is 4.88. The highest BCUT2D eigenvalue weighted by molar-refractivity contribution is 6.01. The van der Waals surface area contributed by atoms with Crippen molar-refractivity contribution >= 4 is 17.8 Å². The van der Waals surface area contributed by atoms with Crippen LogP contribution in [0.2, 0.25) is 0 Å². The Morgan fingerprint density at radius 1 is 1.10 bits per heavy atom. The lowest BCUT2D eigenvalue weighted by Crippen LogP contribution is -2.57. The number of carbonyl (C=O) groups is 3. The molecule has 2 aromatic carbocycles. The van der Waals surface area contributed by atoms with E-state index in [1.807, 2.05) is 44.2 Å². The number of benzene rings is 2. The van der Waals surface area contributed by atoms with Gasteiger partial charge in [0.25, 0.3) is 5.91 Å². The van der Waals surface area contributed by atoms with Crippen LogP contribution in [0.5, 0.6) is 5.75 Å². The lowest BCUT2D eigenvalue weighted by Gasteiger charge is -2.35. The average Bonchev–Trinajstić information content (AvgIpc) is 2.78. The molecule has 1 fully saturated rings. The fourth-order valence-corrected chi connectivity index (χ4v) is 3.30. The first-order valence-electron chi connectivity index (χ1n) is 10.5. The molecule has 7 heteroatoms. The number of hydrogen-bond acceptors (Lipinski definition) is 5. The summed E-state index contributed by atoms with van der Waals surface area (Å²) in [6.45, 7) is 5.27. The van der Waals surface area contributed by atoms with E-state index in [4.69, 9.17) is 9.47 Å². The van der Waals surface area contributed by atoms with E-state index in [-0.39, 0.29) is 24.8 Å². The minimum Gasteiger partial charge on any atom is -0.492 e. The van der Waals surface area contributed by atoms with Crippen molar-refractivity contribution in [2.45, 2.75) is 32.9 Å². The minimum atomic E-state index is -0.928. The Bertz CT molecular complexity index is 913. The van der Waals surface area contributed by atoms with Crippen LogP contribution in [0.25, 0.3) is 0 Å². The maximum absolute atomic E-state index is 13.3. The Morgan fingerprint density at radius 3 is 2.55 bits per heavy atom. The fraction of sp³-hybridized carbons (Fsp3) is 0.375. The normalized spacial score (nSPS) is 16.0. The molecular weight excluding hydrogens is 396 g/mol. The lowest BCUT2D eigenvalue weighted by molar-refractivity contribution is -0.148. The number of hydrogen-bond donors (Lipinski definition) is 1. The fourth-order valence-electron chi connectivity index (χ4n) is 3.30. The summed E-state index contributed by atoms with van der Waals surface area (Å²) < 4.78 is 11.1. The first kappa shape index (κ1) is 22.3. The van der Waals surface area contributed by atoms with Gasteiger partial charge in [0, 0.05) is 13.1 Å². The van der Waals surface area contributed by atoms with Crippen molar-refractivity contribution in [3.63, 3.8) is 0 Å². The lowest BCUT2D eigenvalue weighted by atomic mass is 10.1. The predicted octanol–water partition coefficient (Wildman–Crippen LogP) is 2.80. The predicted molar refractivity (Wildman–Crippen MR) is 115 cm³/mol. The first-order valence-corrected chi connectivity index (χ1v) is 10.5. The molecular formula is C24H28N2O5. The molecule has 164 valence electrons. The molecule has 1 atom stereocenters. The molecule has 0 saturated carbocycles. The maximum atomic E-state index is 13.3. The molecule has 0 aromatic heterocycles. The second kappa shape index (κ2) is 10.6. The number of ether oxygens (including phenoxy) is 2. The molecule has 1 aliphatic heterocycles. The molecule has 31 heavy (non-hydrogen) atoms. The summed E-state index contributed by atoms with van der Waals surface area (Å²) in [5.41, 5.74) is 1.23. The summed E-state index contributed by atoms with van der Waals surface area (Å²) in [6, 6.07) is 15.3. The van der Waals surface area contributed by atoms with E-state index in [1.165, 1.54) is 4.90 Å². The number of para-hydroxylation sites is 1. The zero-order valence-electron chi connectivity index (χ0n) is 17.9. The smallest absolute Gasteiger partial charge is 0.308 e. The van der Waals surface area contributed by atoms with Gasteiger partial charge >= 0.3 is 5.97 Å². The quantitative estimate of drug-likeness (QED) is 0.659. The third kappa shape index (κ3) is 6.07. The van der Waals surface area contributed by atoms with Gasteiger partial charge in [-0.15, -0.1) is 0 Å². The van der Waals surface area contributed by atoms with Gasteiger partial charge in [0.1, 0.15) is 18.4 Å². The summed E-state index contributed by atoms with van der Waals surface area (Å²) in [4.78, 5) is 39.6. The molecule has 7 nitrogen and oxygen atoms in total. The van der Waals surface area contributed by atoms with Crippen LogP contribution in [0.1, 0.15) is 36.2 Å². The highest BCUT2D eigenvalue weighted by Gasteiger charge is 2.36. The molecule has 0 spiro atoms. The second-order valence-electron chi connectivity index (χ2n) is 7.86. The number of esters is 1. The summed E-state index contributed by atoms with van der Waals surface area (Å²) in [5, 5.41) is 2.73. The summed E-state index contributed by atoms with van der Waals surface area (Å²) in [5.74, 6) is -0.464. The van der Waals surface area contributed by atoms with Gasteiger partial charge in [0.05, 0.1) is 18.6 Å². The van der Waals surface area contributed by atoms with Crippen LogP contribution in [0, 0.1) is 5.92 Å². The van der Waals surface area contributed by atoms with Crippen molar-refractivity contribution in [2.75, 3.05) is 19.7 Å². The van der Waals surface area contributed by atoms with Crippen LogP contribution in [0.3, 0.4) is 0 Å². The first-order chi connectivity index (χ1) is 15.0. The average molecular weight is 424 g/mol. The Hall–Kier alpha value is -3.35. The van der Waals surface area contributed by atoms with E-state index in [2.05, 4.69) is 5.32 Å². The van der Waals surface area contributed by atoms with E-state index < -0.39 is 12.0 Å². The highest BCUT2D eigenvalue weighted by atomic mass is 16.5. The highest BCUT2D eigenvalue weighted by Crippen LogP contribution is 2.23. The number of rotatable bonds is 8. The molecule has 1 heterocycles. The zero-order valence-corrected chi connectivity index (χ0v) is 17.9. The van der Waals surface area contributed by atoms with Gasteiger partial charge in [-0.25, -0.2) is 0 Å². The van der Waals surface area contributed by atoms with Gasteiger partial charge < -0.3 is 19.7 Å². The van der Waals surface area contributed by atoms with Crippen molar-refractivity contribution in [2.24, 2.45) is 5.92 Å². The minimum absolute atomic E-state index is 0.119. The summed E-state index contributed by atoms with van der Waals surface area (Å²) >= 11 is 0. The molecule has 1 N–H and O–H groups in total. The van der Waals surface area contributed by atoms with Gasteiger partial charge in [0.15, 0.2) is 0 Å². The van der Waals surface area contributed by atoms with Gasteiger partial charge in [-0.05, 0) is 23.6 Å². The summed E-state index contributed by atoms with van der Waals surface area (Å²) in [7, 11) is 0. The Morgan fingerprint density at radius 2 is 1.81 bits per heavy atom. The van der Waals surface area contributed by atoms with Crippen LogP contribution < -0.4 is 10.1 Å². The molecule has 0 radical (unpaired) electrons. The van der Waals surface area contributed by atoms with Crippen LogP contribution in [-0.4, -0.2) is 48.4 Å². The molecule has 3 rings (SSSR count). The van der Waals surface area contributed by atoms with Crippen molar-refractivity contribution in [3.8, 4) is 5.75 Å². The van der Waals surface area contributed by atoms with E-state index in [0.29, 0.717) is 36.9 Å². The SMILES string of the molecule is CC(C)COc1ccccc1C(=O)N1CCNC(=O)C1CC(=O)OCc1ccccc1. The molecule has 1 saturated heterocycles. The van der Waals surface area contributed by atoms with Crippen molar-refractivity contribution in [1.29, 1.82) is 0 Å². The number of carbonyl (C=O) groups excluding carboxylic acids is 3. The van der Waals surface area contributed by atoms with Gasteiger partial charge in [0.2, 0.25) is 5.91 Å². The van der Waals surface area contributed by atoms with E-state index in [1.54, 1.807) is 24.3 Å². The van der Waals surface area contributed by atoms with Crippen molar-refractivity contribution < 1.29 is 23.9 Å². The van der Waals surface area contributed by atoms with Crippen LogP contribution in [0.15, 0.2) is 54.6 Å². The zero-order chi connectivity index (χ0) is 22.2. The molecule has 1 aliphatic rings. The van der Waals surface area contributed by atoms with Crippen LogP contribution in [-0.2, 0) is 20.9 Å². The summed E-state index contributed by atoms with van der Waals surface area (Å²) in [6.07, 6.45) is -0.209. The Kier molecular flexibility index (Phi) is 7.65. The van der Waals surface area contributed by atoms with Crippen LogP contribution in [0.4, 0.5) is 0 Å². The van der Waals surface area contributed by atoms with Crippen LogP contribution >= 0.6 is 0 Å². The number of piperazine rings is 1. The number of amides is 2. The standard InChI is InChI=1S/C24H28N2O5/c1-17(2)15-30-21-11-7-6-10-19(21)24(29)26-13-12-25-23(28)20(26)14-22(27)31-16-18-8-4-3-5-9-18/h3-11,17,20H,12-16H2,1-2H3,(H,25,28). The number of nitrogens with one attached hydrogen (secondary N) is 1. The van der Waals surface area contributed by atoms with Gasteiger partial charge in [-0.2, -0.15) is 0 Å². The Balaban J connectivity index is 1.71. The maximum Gasteiger partial charge on any atom is 0.308 e. The largest absolute Gasteiger partial charge is 0.492 e. The van der Waals surface area contributed by atoms with Gasteiger partial charge in [-0.3, -0.25) is 14.4 Å². The number of nitrogens with zero attached hydrogens (tertiary/aromatic N) is 1. The molecule has 0 bridgehead atoms. The van der Waals surface area contributed by atoms with E-state index in [9.17, 15) is 14.4 Å². The second-order valence-corrected chi connectivity index (χ2v) is 7.86. The monoisotopic (exact) mass is 424 g/mol. The van der Waals surface area contributed by atoms with E-state index >= 15 is 0 Å². The molecule has 2 amide bonds. The topological polar surface area (TPSA) is 84.9 Å². The Labute approximate surface area is 182 Å². The molecule has 2 aromatic rings. The van der Waals surface area contributed by atoms with Crippen molar-refractivity contribution in [3.05, 3.63) is 65.7 Å². The molecule has 1 unspecified atom stereocenters. The van der Waals surface area contributed by atoms with E-state index in [0.717, 1.165) is 5.56 Å². The third-order valence-electron chi connectivity index (χ3n) is 4.88. The molecule has 0 aliphatic carbocycles.